The minimum Gasteiger partial charge on any atom is -0.479 e. The molecule has 0 heterocycles. The van der Waals surface area contributed by atoms with E-state index in [2.05, 4.69) is 21.5 Å². The van der Waals surface area contributed by atoms with E-state index >= 15 is 0 Å². The normalized spacial score (nSPS) is 19.3. The molecule has 4 unspecified atom stereocenters. The predicted octanol–water partition coefficient (Wildman–Crippen LogP) is -3.70. The minimum atomic E-state index is -2.07. The molecular weight excluding hydrogens is 212 g/mol. The molecular formula is C6H14N2O7. The zero-order chi connectivity index (χ0) is 12.0. The van der Waals surface area contributed by atoms with E-state index in [4.69, 9.17) is 15.3 Å². The number of rotatable bonds is 7. The van der Waals surface area contributed by atoms with Crippen LogP contribution in [0.2, 0.25) is 0 Å². The Hall–Kier alpha value is -0.810. The number of carbonyl (C=O) groups is 1. The minimum absolute atomic E-state index is 0.465. The van der Waals surface area contributed by atoms with Crippen molar-refractivity contribution in [1.29, 1.82) is 0 Å². The highest BCUT2D eigenvalue weighted by Crippen LogP contribution is 2.08. The Balaban J connectivity index is 4.45. The van der Waals surface area contributed by atoms with Crippen LogP contribution < -0.4 is 11.8 Å². The number of carboxylic acids is 1. The SMILES string of the molecule is NOCC(O)C(O)C(ON)C(O)C(=O)O. The van der Waals surface area contributed by atoms with Gasteiger partial charge >= 0.3 is 5.97 Å². The first-order valence-corrected chi connectivity index (χ1v) is 3.90. The zero-order valence-electron chi connectivity index (χ0n) is 7.68. The van der Waals surface area contributed by atoms with Gasteiger partial charge < -0.3 is 25.3 Å². The van der Waals surface area contributed by atoms with Gasteiger partial charge in [0, 0.05) is 0 Å². The summed E-state index contributed by atoms with van der Waals surface area (Å²) in [6.07, 6.45) is -7.03. The van der Waals surface area contributed by atoms with E-state index in [1.54, 1.807) is 0 Å². The molecule has 0 aromatic carbocycles. The van der Waals surface area contributed by atoms with Gasteiger partial charge in [-0.3, -0.25) is 4.84 Å². The molecule has 0 fully saturated rings. The fourth-order valence-corrected chi connectivity index (χ4v) is 0.898. The molecule has 9 heteroatoms. The van der Waals surface area contributed by atoms with Crippen LogP contribution in [-0.4, -0.2) is 57.4 Å². The van der Waals surface area contributed by atoms with Gasteiger partial charge in [0.05, 0.1) is 6.61 Å². The van der Waals surface area contributed by atoms with Crippen molar-refractivity contribution in [2.45, 2.75) is 24.4 Å². The summed E-state index contributed by atoms with van der Waals surface area (Å²) in [7, 11) is 0. The Morgan fingerprint density at radius 2 is 1.80 bits per heavy atom. The lowest BCUT2D eigenvalue weighted by molar-refractivity contribution is -0.175. The highest BCUT2D eigenvalue weighted by Gasteiger charge is 2.36. The monoisotopic (exact) mass is 226 g/mol. The number of hydrogen-bond acceptors (Lipinski definition) is 8. The van der Waals surface area contributed by atoms with Crippen molar-refractivity contribution in [3.8, 4) is 0 Å². The van der Waals surface area contributed by atoms with Crippen molar-refractivity contribution in [1.82, 2.24) is 0 Å². The van der Waals surface area contributed by atoms with Crippen molar-refractivity contribution >= 4 is 5.97 Å². The summed E-state index contributed by atoms with van der Waals surface area (Å²) in [5.41, 5.74) is 0. The van der Waals surface area contributed by atoms with Crippen LogP contribution in [0.15, 0.2) is 0 Å². The lowest BCUT2D eigenvalue weighted by atomic mass is 10.0. The maximum Gasteiger partial charge on any atom is 0.335 e. The fraction of sp³-hybridized carbons (Fsp3) is 0.833. The highest BCUT2D eigenvalue weighted by molar-refractivity contribution is 5.72. The molecule has 0 saturated heterocycles. The van der Waals surface area contributed by atoms with Crippen molar-refractivity contribution in [3.63, 3.8) is 0 Å². The van der Waals surface area contributed by atoms with Crippen molar-refractivity contribution in [2.24, 2.45) is 11.8 Å². The average molecular weight is 226 g/mol. The molecule has 0 aromatic heterocycles. The van der Waals surface area contributed by atoms with Gasteiger partial charge in [0.25, 0.3) is 0 Å². The van der Waals surface area contributed by atoms with Gasteiger partial charge in [-0.1, -0.05) is 0 Å². The number of aliphatic hydroxyl groups excluding tert-OH is 3. The molecule has 0 bridgehead atoms. The molecule has 0 spiro atoms. The molecule has 90 valence electrons. The molecule has 0 aliphatic rings. The first-order chi connectivity index (χ1) is 6.95. The Kier molecular flexibility index (Phi) is 6.27. The van der Waals surface area contributed by atoms with Gasteiger partial charge in [-0.25, -0.2) is 16.6 Å². The first-order valence-electron chi connectivity index (χ1n) is 3.90. The van der Waals surface area contributed by atoms with Crippen molar-refractivity contribution in [3.05, 3.63) is 0 Å². The first kappa shape index (κ1) is 14.2. The summed E-state index contributed by atoms with van der Waals surface area (Å²) in [5, 5.41) is 35.9. The summed E-state index contributed by atoms with van der Waals surface area (Å²) >= 11 is 0. The molecule has 9 nitrogen and oxygen atoms in total. The Morgan fingerprint density at radius 3 is 2.13 bits per heavy atom. The highest BCUT2D eigenvalue weighted by atomic mass is 16.6. The van der Waals surface area contributed by atoms with Crippen molar-refractivity contribution < 1.29 is 34.9 Å². The third kappa shape index (κ3) is 4.05. The van der Waals surface area contributed by atoms with Gasteiger partial charge in [-0.15, -0.1) is 0 Å². The summed E-state index contributed by atoms with van der Waals surface area (Å²) in [5.74, 6) is 7.65. The molecule has 0 rings (SSSR count). The van der Waals surface area contributed by atoms with Gasteiger partial charge in [0.2, 0.25) is 0 Å². The number of hydrogen-bond donors (Lipinski definition) is 6. The second kappa shape index (κ2) is 6.63. The number of aliphatic carboxylic acids is 1. The summed E-state index contributed by atoms with van der Waals surface area (Å²) in [4.78, 5) is 18.4. The molecule has 0 aromatic rings. The average Bonchev–Trinajstić information content (AvgIpc) is 2.18. The summed E-state index contributed by atoms with van der Waals surface area (Å²) < 4.78 is 0. The predicted molar refractivity (Wildman–Crippen MR) is 44.9 cm³/mol. The molecule has 0 aliphatic heterocycles. The van der Waals surface area contributed by atoms with Crippen LogP contribution in [0, 0.1) is 0 Å². The second-order valence-electron chi connectivity index (χ2n) is 2.78. The lowest BCUT2D eigenvalue weighted by Crippen LogP contribution is -2.51. The van der Waals surface area contributed by atoms with Crippen LogP contribution in [0.3, 0.4) is 0 Å². The van der Waals surface area contributed by atoms with E-state index in [9.17, 15) is 9.90 Å². The third-order valence-corrected chi connectivity index (χ3v) is 1.72. The topological polar surface area (TPSA) is 168 Å². The largest absolute Gasteiger partial charge is 0.479 e. The van der Waals surface area contributed by atoms with Gasteiger partial charge in [-0.2, -0.15) is 0 Å². The standard InChI is InChI=1S/C6H14N2O7/c7-14-1-2(9)3(10)5(15-8)4(11)6(12)13/h2-5,9-11H,1,7-8H2,(H,12,13). The van der Waals surface area contributed by atoms with E-state index in [1.165, 1.54) is 0 Å². The van der Waals surface area contributed by atoms with Crippen LogP contribution in [-0.2, 0) is 14.5 Å². The number of nitrogens with two attached hydrogens (primary N) is 2. The molecule has 8 N–H and O–H groups in total. The van der Waals surface area contributed by atoms with Crippen LogP contribution in [0.1, 0.15) is 0 Å². The summed E-state index contributed by atoms with van der Waals surface area (Å²) in [6.45, 7) is -0.465. The number of carboxylic acid groups (broad SMARTS) is 1. The van der Waals surface area contributed by atoms with E-state index in [-0.39, 0.29) is 0 Å². The van der Waals surface area contributed by atoms with Gasteiger partial charge in [0.1, 0.15) is 18.3 Å². The molecule has 4 atom stereocenters. The maximum atomic E-state index is 10.4. The molecule has 0 radical (unpaired) electrons. The van der Waals surface area contributed by atoms with Crippen LogP contribution in [0.4, 0.5) is 0 Å². The molecule has 0 amide bonds. The maximum absolute atomic E-state index is 10.4. The van der Waals surface area contributed by atoms with Gasteiger partial charge in [-0.05, 0) is 0 Å². The third-order valence-electron chi connectivity index (χ3n) is 1.72. The summed E-state index contributed by atoms with van der Waals surface area (Å²) in [6, 6.07) is 0. The fourth-order valence-electron chi connectivity index (χ4n) is 0.898. The molecule has 0 aliphatic carbocycles. The van der Waals surface area contributed by atoms with E-state index in [0.717, 1.165) is 0 Å². The second-order valence-corrected chi connectivity index (χ2v) is 2.78. The lowest BCUT2D eigenvalue weighted by Gasteiger charge is -2.26. The van der Waals surface area contributed by atoms with E-state index in [1.807, 2.05) is 0 Å². The van der Waals surface area contributed by atoms with Crippen LogP contribution >= 0.6 is 0 Å². The van der Waals surface area contributed by atoms with Gasteiger partial charge in [0.15, 0.2) is 6.10 Å². The Bertz CT molecular complexity index is 202. The van der Waals surface area contributed by atoms with Crippen molar-refractivity contribution in [2.75, 3.05) is 6.61 Å². The number of aliphatic hydroxyl groups is 3. The molecule has 15 heavy (non-hydrogen) atoms. The molecule has 0 saturated carbocycles. The Labute approximate surface area is 84.7 Å². The van der Waals surface area contributed by atoms with E-state index < -0.39 is 37.0 Å². The quantitative estimate of drug-likeness (QED) is 0.239. The zero-order valence-corrected chi connectivity index (χ0v) is 7.68. The van der Waals surface area contributed by atoms with E-state index in [0.29, 0.717) is 0 Å². The Morgan fingerprint density at radius 1 is 1.27 bits per heavy atom. The van der Waals surface area contributed by atoms with Crippen LogP contribution in [0.25, 0.3) is 0 Å². The van der Waals surface area contributed by atoms with Crippen LogP contribution in [0.5, 0.6) is 0 Å². The smallest absolute Gasteiger partial charge is 0.335 e.